The quantitative estimate of drug-likeness (QED) is 0.547. The first-order valence-corrected chi connectivity index (χ1v) is 10.8. The Bertz CT molecular complexity index is 686. The van der Waals surface area contributed by atoms with Crippen LogP contribution in [0.1, 0.15) is 20.3 Å². The molecule has 0 aromatic heterocycles. The molecule has 0 aliphatic carbocycles. The fourth-order valence-electron chi connectivity index (χ4n) is 2.61. The number of hydrogen-bond donors (Lipinski definition) is 3. The first-order valence-electron chi connectivity index (χ1n) is 9.31. The number of sulfonamides is 1. The highest BCUT2D eigenvalue weighted by Gasteiger charge is 2.14. The summed E-state index contributed by atoms with van der Waals surface area (Å²) in [4.78, 5) is 14.2. The molecule has 1 aromatic rings. The summed E-state index contributed by atoms with van der Waals surface area (Å²) in [5.74, 6) is 0.359. The molecule has 1 aliphatic heterocycles. The average molecular weight is 399 g/mol. The summed E-state index contributed by atoms with van der Waals surface area (Å²) >= 11 is 0. The SMILES string of the molecule is CC(C)CNC(=O)Nc1ccc(S(=O)(=O)NCCCN2CCOCC2)cc1. The van der Waals surface area contributed by atoms with E-state index in [1.165, 1.54) is 12.1 Å². The lowest BCUT2D eigenvalue weighted by Gasteiger charge is -2.26. The van der Waals surface area contributed by atoms with Crippen LogP contribution >= 0.6 is 0 Å². The highest BCUT2D eigenvalue weighted by Crippen LogP contribution is 2.14. The molecule has 0 saturated carbocycles. The van der Waals surface area contributed by atoms with E-state index >= 15 is 0 Å². The van der Waals surface area contributed by atoms with Gasteiger partial charge in [0.15, 0.2) is 0 Å². The molecule has 0 unspecified atom stereocenters. The van der Waals surface area contributed by atoms with Crippen molar-refractivity contribution in [1.29, 1.82) is 0 Å². The van der Waals surface area contributed by atoms with Crippen LogP contribution in [-0.4, -0.2) is 65.3 Å². The molecule has 1 fully saturated rings. The first-order chi connectivity index (χ1) is 12.9. The Labute approximate surface area is 161 Å². The van der Waals surface area contributed by atoms with E-state index in [1.807, 2.05) is 13.8 Å². The zero-order valence-electron chi connectivity index (χ0n) is 16.0. The molecule has 9 heteroatoms. The van der Waals surface area contributed by atoms with Gasteiger partial charge in [0.05, 0.1) is 18.1 Å². The maximum Gasteiger partial charge on any atom is 0.319 e. The van der Waals surface area contributed by atoms with Gasteiger partial charge in [0.25, 0.3) is 0 Å². The number of carbonyl (C=O) groups is 1. The summed E-state index contributed by atoms with van der Waals surface area (Å²) in [5.41, 5.74) is 0.544. The number of carbonyl (C=O) groups excluding carboxylic acids is 1. The van der Waals surface area contributed by atoms with E-state index in [1.54, 1.807) is 12.1 Å². The summed E-state index contributed by atoms with van der Waals surface area (Å²) in [5, 5.41) is 5.43. The van der Waals surface area contributed by atoms with Crippen molar-refractivity contribution in [3.8, 4) is 0 Å². The van der Waals surface area contributed by atoms with Gasteiger partial charge in [-0.05, 0) is 43.1 Å². The maximum atomic E-state index is 12.3. The van der Waals surface area contributed by atoms with Gasteiger partial charge in [0.1, 0.15) is 0 Å². The lowest BCUT2D eigenvalue weighted by atomic mass is 10.2. The number of nitrogens with one attached hydrogen (secondary N) is 3. The van der Waals surface area contributed by atoms with Gasteiger partial charge in [-0.2, -0.15) is 0 Å². The van der Waals surface area contributed by atoms with E-state index in [0.29, 0.717) is 24.7 Å². The van der Waals surface area contributed by atoms with Crippen molar-refractivity contribution in [1.82, 2.24) is 14.9 Å². The molecule has 0 bridgehead atoms. The minimum atomic E-state index is -3.55. The molecule has 0 spiro atoms. The molecule has 0 atom stereocenters. The van der Waals surface area contributed by atoms with Crippen molar-refractivity contribution in [2.24, 2.45) is 5.92 Å². The lowest BCUT2D eigenvalue weighted by molar-refractivity contribution is 0.0376. The number of amides is 2. The van der Waals surface area contributed by atoms with Crippen LogP contribution < -0.4 is 15.4 Å². The molecular weight excluding hydrogens is 368 g/mol. The molecule has 0 radical (unpaired) electrons. The van der Waals surface area contributed by atoms with Gasteiger partial charge in [0.2, 0.25) is 10.0 Å². The van der Waals surface area contributed by atoms with Crippen LogP contribution in [0, 0.1) is 5.92 Å². The van der Waals surface area contributed by atoms with Crippen molar-refractivity contribution in [3.05, 3.63) is 24.3 Å². The minimum Gasteiger partial charge on any atom is -0.379 e. The zero-order valence-corrected chi connectivity index (χ0v) is 16.8. The molecular formula is C18H30N4O4S. The summed E-state index contributed by atoms with van der Waals surface area (Å²) in [6.45, 7) is 9.09. The Morgan fingerprint density at radius 3 is 2.48 bits per heavy atom. The van der Waals surface area contributed by atoms with Gasteiger partial charge in [0, 0.05) is 31.9 Å². The van der Waals surface area contributed by atoms with Gasteiger partial charge in [-0.1, -0.05) is 13.8 Å². The molecule has 1 aromatic carbocycles. The summed E-state index contributed by atoms with van der Waals surface area (Å²) < 4.78 is 32.6. The first kappa shape index (κ1) is 21.6. The Morgan fingerprint density at radius 2 is 1.85 bits per heavy atom. The van der Waals surface area contributed by atoms with Crippen LogP contribution in [0.25, 0.3) is 0 Å². The van der Waals surface area contributed by atoms with Crippen molar-refractivity contribution in [2.75, 3.05) is 51.3 Å². The van der Waals surface area contributed by atoms with Crippen LogP contribution in [0.3, 0.4) is 0 Å². The second-order valence-corrected chi connectivity index (χ2v) is 8.73. The fourth-order valence-corrected chi connectivity index (χ4v) is 3.68. The van der Waals surface area contributed by atoms with Crippen LogP contribution in [0.15, 0.2) is 29.2 Å². The summed E-state index contributed by atoms with van der Waals surface area (Å²) in [7, 11) is -3.55. The molecule has 27 heavy (non-hydrogen) atoms. The molecule has 3 N–H and O–H groups in total. The lowest BCUT2D eigenvalue weighted by Crippen LogP contribution is -2.38. The third kappa shape index (κ3) is 7.84. The maximum absolute atomic E-state index is 12.3. The van der Waals surface area contributed by atoms with Crippen molar-refractivity contribution in [2.45, 2.75) is 25.2 Å². The van der Waals surface area contributed by atoms with Gasteiger partial charge < -0.3 is 15.4 Å². The predicted octanol–water partition coefficient (Wildman–Crippen LogP) is 1.46. The second kappa shape index (κ2) is 10.6. The van der Waals surface area contributed by atoms with Crippen LogP contribution in [0.5, 0.6) is 0 Å². The summed E-state index contributed by atoms with van der Waals surface area (Å²) in [6, 6.07) is 5.83. The van der Waals surface area contributed by atoms with Crippen molar-refractivity contribution in [3.63, 3.8) is 0 Å². The number of rotatable bonds is 9. The van der Waals surface area contributed by atoms with Gasteiger partial charge in [-0.25, -0.2) is 17.9 Å². The molecule has 2 rings (SSSR count). The third-order valence-corrected chi connectivity index (χ3v) is 5.62. The van der Waals surface area contributed by atoms with E-state index < -0.39 is 10.0 Å². The van der Waals surface area contributed by atoms with E-state index in [4.69, 9.17) is 4.74 Å². The number of ether oxygens (including phenoxy) is 1. The Morgan fingerprint density at radius 1 is 1.19 bits per heavy atom. The smallest absolute Gasteiger partial charge is 0.319 e. The molecule has 8 nitrogen and oxygen atoms in total. The van der Waals surface area contributed by atoms with E-state index in [-0.39, 0.29) is 10.9 Å². The number of nitrogens with zero attached hydrogens (tertiary/aromatic N) is 1. The summed E-state index contributed by atoms with van der Waals surface area (Å²) in [6.07, 6.45) is 0.745. The predicted molar refractivity (Wildman–Crippen MR) is 105 cm³/mol. The highest BCUT2D eigenvalue weighted by atomic mass is 32.2. The van der Waals surface area contributed by atoms with Crippen molar-refractivity contribution >= 4 is 21.7 Å². The number of morpholine rings is 1. The van der Waals surface area contributed by atoms with Gasteiger partial charge in [-0.15, -0.1) is 0 Å². The fraction of sp³-hybridized carbons (Fsp3) is 0.611. The minimum absolute atomic E-state index is 0.182. The van der Waals surface area contributed by atoms with Gasteiger partial charge in [-0.3, -0.25) is 4.90 Å². The van der Waals surface area contributed by atoms with Crippen LogP contribution in [0.4, 0.5) is 10.5 Å². The van der Waals surface area contributed by atoms with Crippen molar-refractivity contribution < 1.29 is 17.9 Å². The van der Waals surface area contributed by atoms with E-state index in [0.717, 1.165) is 39.3 Å². The molecule has 2 amide bonds. The topological polar surface area (TPSA) is 99.8 Å². The number of urea groups is 1. The van der Waals surface area contributed by atoms with E-state index in [9.17, 15) is 13.2 Å². The number of anilines is 1. The number of benzene rings is 1. The Kier molecular flexibility index (Phi) is 8.49. The Balaban J connectivity index is 1.77. The largest absolute Gasteiger partial charge is 0.379 e. The van der Waals surface area contributed by atoms with Crippen LogP contribution in [-0.2, 0) is 14.8 Å². The average Bonchev–Trinajstić information content (AvgIpc) is 2.65. The second-order valence-electron chi connectivity index (χ2n) is 6.96. The van der Waals surface area contributed by atoms with E-state index in [2.05, 4.69) is 20.3 Å². The standard InChI is InChI=1S/C18H30N4O4S/c1-15(2)14-19-18(23)21-16-4-6-17(7-5-16)27(24,25)20-8-3-9-22-10-12-26-13-11-22/h4-7,15,20H,3,8-14H2,1-2H3,(H2,19,21,23). The normalized spacial score (nSPS) is 15.7. The zero-order chi connectivity index (χ0) is 19.7. The highest BCUT2D eigenvalue weighted by molar-refractivity contribution is 7.89. The monoisotopic (exact) mass is 398 g/mol. The molecule has 1 saturated heterocycles. The molecule has 1 aliphatic rings. The van der Waals surface area contributed by atoms with Gasteiger partial charge >= 0.3 is 6.03 Å². The number of hydrogen-bond acceptors (Lipinski definition) is 5. The van der Waals surface area contributed by atoms with Crippen LogP contribution in [0.2, 0.25) is 0 Å². The Hall–Kier alpha value is -1.68. The molecule has 152 valence electrons. The third-order valence-electron chi connectivity index (χ3n) is 4.14. The molecule has 1 heterocycles.